The average molecular weight is 312 g/mol. The molecule has 7 nitrogen and oxygen atoms in total. The number of anilines is 3. The highest BCUT2D eigenvalue weighted by Crippen LogP contribution is 2.39. The Kier molecular flexibility index (Phi) is 3.48. The molecule has 0 radical (unpaired) electrons. The Bertz CT molecular complexity index is 736. The van der Waals surface area contributed by atoms with Crippen LogP contribution in [0.25, 0.3) is 0 Å². The van der Waals surface area contributed by atoms with Crippen LogP contribution in [0.3, 0.4) is 0 Å². The van der Waals surface area contributed by atoms with E-state index in [0.29, 0.717) is 17.8 Å². The van der Waals surface area contributed by atoms with Gasteiger partial charge in [0.05, 0.1) is 17.9 Å². The van der Waals surface area contributed by atoms with Crippen molar-refractivity contribution < 1.29 is 4.79 Å². The predicted molar refractivity (Wildman–Crippen MR) is 87.1 cm³/mol. The summed E-state index contributed by atoms with van der Waals surface area (Å²) in [6.45, 7) is 1.78. The van der Waals surface area contributed by atoms with Gasteiger partial charge in [0, 0.05) is 17.2 Å². The standard InChI is InChI=1S/C16H20N6O/c1-9(8-23)18-16-19-12-4-2-3-11(12)14(22-16)21-15-17-7-13(20-15)10-5-6-10/h7-10H,2-6H2,1H3,(H3,17,18,19,20,21,22). The average Bonchev–Trinajstić information content (AvgIpc) is 3.10. The van der Waals surface area contributed by atoms with Crippen molar-refractivity contribution in [3.05, 3.63) is 23.1 Å². The minimum Gasteiger partial charge on any atom is -0.345 e. The van der Waals surface area contributed by atoms with Crippen LogP contribution < -0.4 is 10.6 Å². The molecule has 0 spiro atoms. The smallest absolute Gasteiger partial charge is 0.225 e. The number of imidazole rings is 1. The summed E-state index contributed by atoms with van der Waals surface area (Å²) in [5.41, 5.74) is 3.39. The van der Waals surface area contributed by atoms with Gasteiger partial charge in [-0.15, -0.1) is 0 Å². The van der Waals surface area contributed by atoms with Crippen molar-refractivity contribution in [2.75, 3.05) is 10.6 Å². The molecule has 4 rings (SSSR count). The van der Waals surface area contributed by atoms with Crippen LogP contribution in [-0.2, 0) is 17.6 Å². The Hall–Kier alpha value is -2.44. The molecular formula is C16H20N6O. The molecule has 2 aliphatic rings. The fourth-order valence-corrected chi connectivity index (χ4v) is 2.95. The molecule has 0 saturated heterocycles. The molecule has 2 heterocycles. The lowest BCUT2D eigenvalue weighted by atomic mass is 10.2. The number of carbonyl (C=O) groups is 1. The van der Waals surface area contributed by atoms with E-state index in [1.165, 1.54) is 18.5 Å². The van der Waals surface area contributed by atoms with Crippen LogP contribution in [0.5, 0.6) is 0 Å². The molecule has 0 aromatic carbocycles. The number of nitrogens with zero attached hydrogens (tertiary/aromatic N) is 3. The Morgan fingerprint density at radius 1 is 1.35 bits per heavy atom. The van der Waals surface area contributed by atoms with E-state index < -0.39 is 0 Å². The van der Waals surface area contributed by atoms with Gasteiger partial charge < -0.3 is 20.4 Å². The molecule has 0 bridgehead atoms. The Balaban J connectivity index is 1.61. The largest absolute Gasteiger partial charge is 0.345 e. The monoisotopic (exact) mass is 312 g/mol. The fourth-order valence-electron chi connectivity index (χ4n) is 2.95. The van der Waals surface area contributed by atoms with Crippen molar-refractivity contribution in [2.24, 2.45) is 0 Å². The first-order valence-electron chi connectivity index (χ1n) is 8.16. The maximum atomic E-state index is 10.8. The summed E-state index contributed by atoms with van der Waals surface area (Å²) in [6.07, 6.45) is 8.22. The third-order valence-electron chi connectivity index (χ3n) is 4.34. The van der Waals surface area contributed by atoms with Gasteiger partial charge in [0.25, 0.3) is 0 Å². The highest BCUT2D eigenvalue weighted by Gasteiger charge is 2.26. The maximum absolute atomic E-state index is 10.8. The number of hydrogen-bond acceptors (Lipinski definition) is 6. The number of carbonyl (C=O) groups excluding carboxylic acids is 1. The lowest BCUT2D eigenvalue weighted by Gasteiger charge is -2.13. The van der Waals surface area contributed by atoms with Crippen LogP contribution in [0.15, 0.2) is 6.20 Å². The summed E-state index contributed by atoms with van der Waals surface area (Å²) < 4.78 is 0. The number of H-pyrrole nitrogens is 1. The lowest BCUT2D eigenvalue weighted by molar-refractivity contribution is -0.108. The van der Waals surface area contributed by atoms with Crippen molar-refractivity contribution >= 4 is 24.0 Å². The molecule has 7 heteroatoms. The third-order valence-corrected chi connectivity index (χ3v) is 4.34. The summed E-state index contributed by atoms with van der Waals surface area (Å²) in [7, 11) is 0. The molecule has 0 aliphatic heterocycles. The Labute approximate surface area is 134 Å². The highest BCUT2D eigenvalue weighted by atomic mass is 16.1. The van der Waals surface area contributed by atoms with Crippen molar-refractivity contribution in [2.45, 2.75) is 51.0 Å². The van der Waals surface area contributed by atoms with Crippen LogP contribution >= 0.6 is 0 Å². The van der Waals surface area contributed by atoms with Gasteiger partial charge in [0.1, 0.15) is 12.1 Å². The molecule has 2 aliphatic carbocycles. The van der Waals surface area contributed by atoms with E-state index in [2.05, 4.69) is 30.6 Å². The zero-order valence-electron chi connectivity index (χ0n) is 13.1. The molecule has 23 heavy (non-hydrogen) atoms. The first-order chi connectivity index (χ1) is 11.2. The summed E-state index contributed by atoms with van der Waals surface area (Å²) in [5.74, 6) is 2.63. The molecule has 1 fully saturated rings. The van der Waals surface area contributed by atoms with E-state index in [1.807, 2.05) is 6.20 Å². The topological polar surface area (TPSA) is 95.6 Å². The number of rotatable bonds is 6. The molecule has 2 aromatic rings. The number of aromatic amines is 1. The number of fused-ring (bicyclic) bond motifs is 1. The zero-order chi connectivity index (χ0) is 15.8. The molecular weight excluding hydrogens is 292 g/mol. The van der Waals surface area contributed by atoms with Crippen LogP contribution in [0.2, 0.25) is 0 Å². The molecule has 0 amide bonds. The molecule has 1 unspecified atom stereocenters. The number of nitrogens with one attached hydrogen (secondary N) is 3. The molecule has 120 valence electrons. The Morgan fingerprint density at radius 2 is 2.22 bits per heavy atom. The van der Waals surface area contributed by atoms with Crippen molar-refractivity contribution in [1.29, 1.82) is 0 Å². The van der Waals surface area contributed by atoms with Crippen LogP contribution in [0.4, 0.5) is 17.7 Å². The van der Waals surface area contributed by atoms with Gasteiger partial charge in [0.2, 0.25) is 11.9 Å². The second kappa shape index (κ2) is 5.64. The van der Waals surface area contributed by atoms with E-state index in [-0.39, 0.29) is 6.04 Å². The SMILES string of the molecule is CC(C=O)Nc1nc2c(c(Nc3ncc(C4CC4)[nH]3)n1)CCC2. The van der Waals surface area contributed by atoms with E-state index in [0.717, 1.165) is 42.6 Å². The van der Waals surface area contributed by atoms with Crippen molar-refractivity contribution in [3.8, 4) is 0 Å². The van der Waals surface area contributed by atoms with E-state index in [9.17, 15) is 4.79 Å². The number of aldehydes is 1. The maximum Gasteiger partial charge on any atom is 0.225 e. The van der Waals surface area contributed by atoms with E-state index in [4.69, 9.17) is 0 Å². The second-order valence-electron chi connectivity index (χ2n) is 6.33. The second-order valence-corrected chi connectivity index (χ2v) is 6.33. The third kappa shape index (κ3) is 2.91. The summed E-state index contributed by atoms with van der Waals surface area (Å²) in [5, 5.41) is 6.31. The van der Waals surface area contributed by atoms with Crippen molar-refractivity contribution in [1.82, 2.24) is 19.9 Å². The first-order valence-corrected chi connectivity index (χ1v) is 8.16. The molecule has 1 saturated carbocycles. The number of hydrogen-bond donors (Lipinski definition) is 3. The quantitative estimate of drug-likeness (QED) is 0.708. The van der Waals surface area contributed by atoms with Gasteiger partial charge in [0.15, 0.2) is 0 Å². The summed E-state index contributed by atoms with van der Waals surface area (Å²) in [4.78, 5) is 27.7. The van der Waals surface area contributed by atoms with Gasteiger partial charge in [-0.1, -0.05) is 0 Å². The normalized spacial score (nSPS) is 17.6. The van der Waals surface area contributed by atoms with Gasteiger partial charge in [-0.3, -0.25) is 0 Å². The first kappa shape index (κ1) is 14.2. The molecule has 2 aromatic heterocycles. The molecule has 3 N–H and O–H groups in total. The number of aryl methyl sites for hydroxylation is 1. The van der Waals surface area contributed by atoms with Gasteiger partial charge in [-0.2, -0.15) is 4.98 Å². The van der Waals surface area contributed by atoms with E-state index in [1.54, 1.807) is 6.92 Å². The van der Waals surface area contributed by atoms with Crippen LogP contribution in [-0.4, -0.2) is 32.3 Å². The zero-order valence-corrected chi connectivity index (χ0v) is 13.1. The Morgan fingerprint density at radius 3 is 3.00 bits per heavy atom. The van der Waals surface area contributed by atoms with Crippen molar-refractivity contribution in [3.63, 3.8) is 0 Å². The molecule has 1 atom stereocenters. The van der Waals surface area contributed by atoms with E-state index >= 15 is 0 Å². The van der Waals surface area contributed by atoms with Gasteiger partial charge in [-0.25, -0.2) is 9.97 Å². The minimum absolute atomic E-state index is 0.313. The lowest BCUT2D eigenvalue weighted by Crippen LogP contribution is -2.19. The van der Waals surface area contributed by atoms with Gasteiger partial charge in [-0.05, 0) is 39.0 Å². The van der Waals surface area contributed by atoms with Crippen LogP contribution in [0, 0.1) is 0 Å². The predicted octanol–water partition coefficient (Wildman–Crippen LogP) is 2.31. The summed E-state index contributed by atoms with van der Waals surface area (Å²) >= 11 is 0. The van der Waals surface area contributed by atoms with Gasteiger partial charge >= 0.3 is 0 Å². The summed E-state index contributed by atoms with van der Waals surface area (Å²) in [6, 6.07) is -0.313. The van der Waals surface area contributed by atoms with Crippen LogP contribution in [0.1, 0.15) is 49.1 Å². The fraction of sp³-hybridized carbons (Fsp3) is 0.500. The minimum atomic E-state index is -0.313. The highest BCUT2D eigenvalue weighted by molar-refractivity contribution is 5.63. The number of aromatic nitrogens is 4.